The predicted molar refractivity (Wildman–Crippen MR) is 124 cm³/mol. The van der Waals surface area contributed by atoms with E-state index >= 15 is 0 Å². The van der Waals surface area contributed by atoms with Crippen molar-refractivity contribution in [3.05, 3.63) is 29.8 Å². The van der Waals surface area contributed by atoms with Gasteiger partial charge in [-0.1, -0.05) is 102 Å². The van der Waals surface area contributed by atoms with E-state index in [2.05, 4.69) is 6.92 Å². The largest absolute Gasteiger partial charge is 0.493 e. The average Bonchev–Trinajstić information content (AvgIpc) is 2.72. The fraction of sp³-hybridized carbons (Fsp3) is 0.654. The van der Waals surface area contributed by atoms with E-state index in [1.165, 1.54) is 70.6 Å². The van der Waals surface area contributed by atoms with E-state index in [1.54, 1.807) is 13.2 Å². The van der Waals surface area contributed by atoms with Crippen LogP contribution in [0.5, 0.6) is 11.5 Å². The number of carbonyl (C=O) groups is 1. The van der Waals surface area contributed by atoms with Gasteiger partial charge in [-0.15, -0.1) is 0 Å². The minimum atomic E-state index is -0.176. The van der Waals surface area contributed by atoms with Crippen molar-refractivity contribution in [1.29, 1.82) is 0 Å². The molecule has 0 saturated heterocycles. The van der Waals surface area contributed by atoms with Gasteiger partial charge in [0.1, 0.15) is 0 Å². The van der Waals surface area contributed by atoms with Gasteiger partial charge in [-0.3, -0.25) is 4.79 Å². The van der Waals surface area contributed by atoms with Gasteiger partial charge in [-0.05, 0) is 31.0 Å². The second-order valence-electron chi connectivity index (χ2n) is 7.88. The summed E-state index contributed by atoms with van der Waals surface area (Å²) >= 11 is 0. The third-order valence-electron chi connectivity index (χ3n) is 5.26. The number of hydrogen-bond donors (Lipinski definition) is 0. The van der Waals surface area contributed by atoms with Gasteiger partial charge in [0.25, 0.3) is 0 Å². The highest BCUT2D eigenvalue weighted by Crippen LogP contribution is 2.29. The normalized spacial score (nSPS) is 11.1. The molecule has 0 spiro atoms. The number of benzene rings is 1. The number of allylic oxidation sites excluding steroid dienone is 1. The Balaban J connectivity index is 2.06. The first-order valence-electron chi connectivity index (χ1n) is 11.7. The van der Waals surface area contributed by atoms with E-state index in [9.17, 15) is 4.79 Å². The number of esters is 1. The lowest BCUT2D eigenvalue weighted by Crippen LogP contribution is -2.08. The van der Waals surface area contributed by atoms with Crippen LogP contribution < -0.4 is 9.47 Å². The van der Waals surface area contributed by atoms with E-state index in [4.69, 9.17) is 9.47 Å². The summed E-state index contributed by atoms with van der Waals surface area (Å²) < 4.78 is 10.8. The maximum atomic E-state index is 12.1. The first kappa shape index (κ1) is 25.3. The molecule has 0 aliphatic carbocycles. The van der Waals surface area contributed by atoms with Gasteiger partial charge in [0, 0.05) is 6.42 Å². The molecule has 0 aromatic heterocycles. The maximum Gasteiger partial charge on any atom is 0.311 e. The van der Waals surface area contributed by atoms with Crippen LogP contribution in [0.4, 0.5) is 0 Å². The van der Waals surface area contributed by atoms with Crippen LogP contribution >= 0.6 is 0 Å². The standard InChI is InChI=1S/C26H42O3/c1-4-6-7-8-9-10-11-12-13-14-15-16-17-19-26(27)29-24-21-20-23(18-5-2)22-25(24)28-3/h5,18,20-22H,4,6-17,19H2,1-3H3. The summed E-state index contributed by atoms with van der Waals surface area (Å²) in [7, 11) is 1.60. The van der Waals surface area contributed by atoms with Crippen LogP contribution in [0.1, 0.15) is 109 Å². The molecule has 0 bridgehead atoms. The molecule has 1 aromatic rings. The van der Waals surface area contributed by atoms with E-state index in [-0.39, 0.29) is 5.97 Å². The zero-order chi connectivity index (χ0) is 21.2. The van der Waals surface area contributed by atoms with Gasteiger partial charge in [0.2, 0.25) is 0 Å². The van der Waals surface area contributed by atoms with Crippen molar-refractivity contribution in [3.8, 4) is 11.5 Å². The summed E-state index contributed by atoms with van der Waals surface area (Å²) in [5, 5.41) is 0. The molecule has 0 radical (unpaired) electrons. The summed E-state index contributed by atoms with van der Waals surface area (Å²) in [5.41, 5.74) is 1.03. The number of methoxy groups -OCH3 is 1. The molecule has 3 nitrogen and oxygen atoms in total. The molecule has 1 rings (SSSR count). The molecular formula is C26H42O3. The first-order chi connectivity index (χ1) is 14.2. The Labute approximate surface area is 178 Å². The van der Waals surface area contributed by atoms with Gasteiger partial charge < -0.3 is 9.47 Å². The van der Waals surface area contributed by atoms with E-state index in [1.807, 2.05) is 31.2 Å². The fourth-order valence-corrected chi connectivity index (χ4v) is 3.53. The lowest BCUT2D eigenvalue weighted by atomic mass is 10.0. The van der Waals surface area contributed by atoms with Crippen molar-refractivity contribution in [2.75, 3.05) is 7.11 Å². The molecule has 0 N–H and O–H groups in total. The van der Waals surface area contributed by atoms with Crippen molar-refractivity contribution in [2.24, 2.45) is 0 Å². The molecule has 0 unspecified atom stereocenters. The van der Waals surface area contributed by atoms with Crippen LogP contribution in [0.15, 0.2) is 24.3 Å². The van der Waals surface area contributed by atoms with Crippen molar-refractivity contribution in [3.63, 3.8) is 0 Å². The number of rotatable bonds is 17. The molecule has 164 valence electrons. The molecule has 3 heteroatoms. The van der Waals surface area contributed by atoms with Crippen molar-refractivity contribution in [2.45, 2.75) is 104 Å². The monoisotopic (exact) mass is 402 g/mol. The highest BCUT2D eigenvalue weighted by atomic mass is 16.6. The number of ether oxygens (including phenoxy) is 2. The number of hydrogen-bond acceptors (Lipinski definition) is 3. The minimum Gasteiger partial charge on any atom is -0.493 e. The Hall–Kier alpha value is -1.77. The zero-order valence-electron chi connectivity index (χ0n) is 19.0. The Morgan fingerprint density at radius 3 is 1.90 bits per heavy atom. The second kappa shape index (κ2) is 17.1. The average molecular weight is 403 g/mol. The Kier molecular flexibility index (Phi) is 14.9. The Bertz CT molecular complexity index is 577. The third-order valence-corrected chi connectivity index (χ3v) is 5.26. The predicted octanol–water partition coefficient (Wildman–Crippen LogP) is 8.12. The van der Waals surface area contributed by atoms with Crippen molar-refractivity contribution < 1.29 is 14.3 Å². The number of carbonyl (C=O) groups excluding carboxylic acids is 1. The topological polar surface area (TPSA) is 35.5 Å². The van der Waals surface area contributed by atoms with Crippen LogP contribution in [-0.4, -0.2) is 13.1 Å². The van der Waals surface area contributed by atoms with E-state index < -0.39 is 0 Å². The van der Waals surface area contributed by atoms with Crippen LogP contribution in [0.3, 0.4) is 0 Å². The highest BCUT2D eigenvalue weighted by molar-refractivity contribution is 5.73. The van der Waals surface area contributed by atoms with E-state index in [0.717, 1.165) is 18.4 Å². The summed E-state index contributed by atoms with van der Waals surface area (Å²) in [6, 6.07) is 5.61. The minimum absolute atomic E-state index is 0.176. The molecule has 0 atom stereocenters. The van der Waals surface area contributed by atoms with Crippen LogP contribution in [0.25, 0.3) is 6.08 Å². The highest BCUT2D eigenvalue weighted by Gasteiger charge is 2.10. The second-order valence-corrected chi connectivity index (χ2v) is 7.88. The molecule has 0 aliphatic rings. The zero-order valence-corrected chi connectivity index (χ0v) is 19.0. The molecule has 0 saturated carbocycles. The van der Waals surface area contributed by atoms with Crippen LogP contribution in [-0.2, 0) is 4.79 Å². The molecule has 1 aromatic carbocycles. The van der Waals surface area contributed by atoms with E-state index in [0.29, 0.717) is 17.9 Å². The van der Waals surface area contributed by atoms with Crippen molar-refractivity contribution in [1.82, 2.24) is 0 Å². The summed E-state index contributed by atoms with van der Waals surface area (Å²) in [4.78, 5) is 12.1. The molecule has 0 fully saturated rings. The van der Waals surface area contributed by atoms with Crippen LogP contribution in [0.2, 0.25) is 0 Å². The van der Waals surface area contributed by atoms with Crippen LogP contribution in [0, 0.1) is 0 Å². The summed E-state index contributed by atoms with van der Waals surface area (Å²) in [6.07, 6.45) is 21.3. The summed E-state index contributed by atoms with van der Waals surface area (Å²) in [5.74, 6) is 0.921. The fourth-order valence-electron chi connectivity index (χ4n) is 3.53. The SMILES string of the molecule is CC=Cc1ccc(OC(=O)CCCCCCCCCCCCCCC)c(OC)c1. The van der Waals surface area contributed by atoms with Gasteiger partial charge >= 0.3 is 5.97 Å². The summed E-state index contributed by atoms with van der Waals surface area (Å²) in [6.45, 7) is 4.24. The lowest BCUT2D eigenvalue weighted by Gasteiger charge is -2.10. The lowest BCUT2D eigenvalue weighted by molar-refractivity contribution is -0.134. The van der Waals surface area contributed by atoms with Gasteiger partial charge in [0.15, 0.2) is 11.5 Å². The molecule has 0 heterocycles. The van der Waals surface area contributed by atoms with Gasteiger partial charge in [-0.2, -0.15) is 0 Å². The van der Waals surface area contributed by atoms with Crippen molar-refractivity contribution >= 4 is 12.0 Å². The molecule has 0 aliphatic heterocycles. The van der Waals surface area contributed by atoms with Gasteiger partial charge in [-0.25, -0.2) is 0 Å². The third kappa shape index (κ3) is 12.4. The quantitative estimate of drug-likeness (QED) is 0.150. The first-order valence-corrected chi connectivity index (χ1v) is 11.7. The van der Waals surface area contributed by atoms with Gasteiger partial charge in [0.05, 0.1) is 7.11 Å². The molecule has 0 amide bonds. The number of unbranched alkanes of at least 4 members (excludes halogenated alkanes) is 12. The maximum absolute atomic E-state index is 12.1. The molecular weight excluding hydrogens is 360 g/mol. The Morgan fingerprint density at radius 2 is 1.38 bits per heavy atom. The molecule has 29 heavy (non-hydrogen) atoms. The smallest absolute Gasteiger partial charge is 0.311 e. The Morgan fingerprint density at radius 1 is 0.828 bits per heavy atom.